The van der Waals surface area contributed by atoms with E-state index in [-0.39, 0.29) is 10.6 Å². The second-order valence-corrected chi connectivity index (χ2v) is 6.18. The van der Waals surface area contributed by atoms with Gasteiger partial charge in [0.15, 0.2) is 9.84 Å². The lowest BCUT2D eigenvalue weighted by atomic mass is 10.1. The largest absolute Gasteiger partial charge is 0.307 e. The molecule has 16 heavy (non-hydrogen) atoms. The first kappa shape index (κ1) is 12.6. The molecule has 0 unspecified atom stereocenters. The van der Waals surface area contributed by atoms with Crippen LogP contribution in [0.4, 0.5) is 0 Å². The zero-order valence-corrected chi connectivity index (χ0v) is 10.0. The van der Waals surface area contributed by atoms with E-state index in [0.717, 1.165) is 6.21 Å². The van der Waals surface area contributed by atoms with E-state index >= 15 is 0 Å². The number of nitrogens with one attached hydrogen (secondary N) is 2. The van der Waals surface area contributed by atoms with Crippen molar-refractivity contribution < 1.29 is 8.42 Å². The molecule has 86 valence electrons. The molecule has 0 atom stereocenters. The molecule has 0 aliphatic carbocycles. The molecule has 2 N–H and O–H groups in total. The molecule has 1 aromatic carbocycles. The fourth-order valence-corrected chi connectivity index (χ4v) is 2.24. The molecular formula is C11H14N2O2S. The Labute approximate surface area is 95.3 Å². The number of rotatable bonds is 4. The van der Waals surface area contributed by atoms with Gasteiger partial charge in [0, 0.05) is 11.8 Å². The van der Waals surface area contributed by atoms with E-state index in [9.17, 15) is 8.42 Å². The fourth-order valence-electron chi connectivity index (χ4n) is 1.18. The topological polar surface area (TPSA) is 81.8 Å². The second-order valence-electron chi connectivity index (χ2n) is 3.68. The third kappa shape index (κ3) is 2.36. The van der Waals surface area contributed by atoms with E-state index < -0.39 is 15.1 Å². The minimum absolute atomic E-state index is 0.0634. The van der Waals surface area contributed by atoms with Gasteiger partial charge in [-0.1, -0.05) is 12.1 Å². The Morgan fingerprint density at radius 2 is 1.75 bits per heavy atom. The molecule has 4 nitrogen and oxygen atoms in total. The summed E-state index contributed by atoms with van der Waals surface area (Å²) in [5.41, 5.74) is 0.603. The summed E-state index contributed by atoms with van der Waals surface area (Å²) in [6.07, 6.45) is 0.923. The number of sulfone groups is 1. The zero-order valence-electron chi connectivity index (χ0n) is 9.19. The lowest BCUT2D eigenvalue weighted by Gasteiger charge is -2.08. The maximum atomic E-state index is 11.8. The molecular weight excluding hydrogens is 224 g/mol. The maximum absolute atomic E-state index is 11.8. The normalized spacial score (nSPS) is 11.4. The van der Waals surface area contributed by atoms with Gasteiger partial charge in [-0.15, -0.1) is 0 Å². The first-order valence-electron chi connectivity index (χ1n) is 4.83. The molecule has 0 amide bonds. The summed E-state index contributed by atoms with van der Waals surface area (Å²) in [4.78, 5) is 0.254. The van der Waals surface area contributed by atoms with Crippen molar-refractivity contribution in [2.75, 3.05) is 0 Å². The molecule has 0 radical (unpaired) electrons. The van der Waals surface area contributed by atoms with Crippen molar-refractivity contribution in [1.82, 2.24) is 0 Å². The van der Waals surface area contributed by atoms with Crippen LogP contribution in [0.15, 0.2) is 29.2 Å². The van der Waals surface area contributed by atoms with E-state index in [2.05, 4.69) is 0 Å². The average molecular weight is 238 g/mol. The monoisotopic (exact) mass is 238 g/mol. The number of benzene rings is 1. The molecule has 0 heterocycles. The lowest BCUT2D eigenvalue weighted by Crippen LogP contribution is -2.14. The van der Waals surface area contributed by atoms with E-state index in [1.807, 2.05) is 0 Å². The highest BCUT2D eigenvalue weighted by Crippen LogP contribution is 2.16. The van der Waals surface area contributed by atoms with Crippen molar-refractivity contribution in [2.24, 2.45) is 0 Å². The highest BCUT2D eigenvalue weighted by molar-refractivity contribution is 7.92. The van der Waals surface area contributed by atoms with Crippen molar-refractivity contribution >= 4 is 21.8 Å². The van der Waals surface area contributed by atoms with Gasteiger partial charge in [-0.25, -0.2) is 8.42 Å². The van der Waals surface area contributed by atoms with E-state index in [4.69, 9.17) is 10.8 Å². The Morgan fingerprint density at radius 3 is 2.12 bits per heavy atom. The summed E-state index contributed by atoms with van der Waals surface area (Å²) in [5.74, 6) is 0. The third-order valence-electron chi connectivity index (χ3n) is 2.26. The van der Waals surface area contributed by atoms with E-state index in [1.165, 1.54) is 12.1 Å². The van der Waals surface area contributed by atoms with Gasteiger partial charge in [0.2, 0.25) is 0 Å². The molecule has 0 aliphatic heterocycles. The molecule has 5 heteroatoms. The summed E-state index contributed by atoms with van der Waals surface area (Å²) in [6, 6.07) is 6.04. The van der Waals surface area contributed by atoms with Gasteiger partial charge in [0.05, 0.1) is 15.9 Å². The van der Waals surface area contributed by atoms with Crippen molar-refractivity contribution in [2.45, 2.75) is 24.0 Å². The predicted octanol–water partition coefficient (Wildman–Crippen LogP) is 1.89. The second kappa shape index (κ2) is 4.57. The van der Waals surface area contributed by atoms with Gasteiger partial charge in [-0.2, -0.15) is 0 Å². The van der Waals surface area contributed by atoms with Crippen molar-refractivity contribution in [3.05, 3.63) is 29.8 Å². The van der Waals surface area contributed by atoms with Crippen LogP contribution in [0.1, 0.15) is 19.4 Å². The Bertz CT molecular complexity index is 501. The van der Waals surface area contributed by atoms with Crippen LogP contribution in [0.25, 0.3) is 0 Å². The molecule has 0 saturated heterocycles. The van der Waals surface area contributed by atoms with Crippen LogP contribution < -0.4 is 0 Å². The average Bonchev–Trinajstić information content (AvgIpc) is 2.28. The number of hydrogen-bond acceptors (Lipinski definition) is 4. The summed E-state index contributed by atoms with van der Waals surface area (Å²) in [5, 5.41) is 13.9. The zero-order chi connectivity index (χ0) is 12.3. The SMILES string of the molecule is CC(C)S(=O)(=O)c1ccc(C(=N)C=N)cc1. The standard InChI is InChI=1S/C11H14N2O2S/c1-8(2)16(14,15)10-5-3-9(4-6-10)11(13)7-12/h3-8,12-13H,1-2H3. The summed E-state index contributed by atoms with van der Waals surface area (Å²) >= 11 is 0. The molecule has 1 rings (SSSR count). The maximum Gasteiger partial charge on any atom is 0.180 e. The van der Waals surface area contributed by atoms with Gasteiger partial charge in [-0.3, -0.25) is 5.41 Å². The Morgan fingerprint density at radius 1 is 1.25 bits per heavy atom. The van der Waals surface area contributed by atoms with Gasteiger partial charge in [-0.05, 0) is 26.0 Å². The van der Waals surface area contributed by atoms with E-state index in [1.54, 1.807) is 26.0 Å². The number of hydrogen-bond donors (Lipinski definition) is 2. The fraction of sp³-hybridized carbons (Fsp3) is 0.273. The highest BCUT2D eigenvalue weighted by Gasteiger charge is 2.18. The lowest BCUT2D eigenvalue weighted by molar-refractivity contribution is 0.587. The molecule has 0 spiro atoms. The summed E-state index contributed by atoms with van der Waals surface area (Å²) < 4.78 is 23.6. The first-order valence-corrected chi connectivity index (χ1v) is 6.37. The Balaban J connectivity index is 3.14. The van der Waals surface area contributed by atoms with Crippen LogP contribution in [0.2, 0.25) is 0 Å². The van der Waals surface area contributed by atoms with Crippen LogP contribution >= 0.6 is 0 Å². The van der Waals surface area contributed by atoms with Crippen molar-refractivity contribution in [3.8, 4) is 0 Å². The smallest absolute Gasteiger partial charge is 0.180 e. The van der Waals surface area contributed by atoms with Crippen molar-refractivity contribution in [1.29, 1.82) is 10.8 Å². The summed E-state index contributed by atoms with van der Waals surface area (Å²) in [6.45, 7) is 3.26. The molecule has 1 aromatic rings. The third-order valence-corrected chi connectivity index (χ3v) is 4.43. The highest BCUT2D eigenvalue weighted by atomic mass is 32.2. The molecule has 0 bridgehead atoms. The Kier molecular flexibility index (Phi) is 3.59. The molecule has 0 saturated carbocycles. The van der Waals surface area contributed by atoms with E-state index in [0.29, 0.717) is 5.56 Å². The van der Waals surface area contributed by atoms with Gasteiger partial charge < -0.3 is 5.41 Å². The van der Waals surface area contributed by atoms with Gasteiger partial charge >= 0.3 is 0 Å². The minimum Gasteiger partial charge on any atom is -0.307 e. The van der Waals surface area contributed by atoms with Crippen LogP contribution in [-0.4, -0.2) is 25.6 Å². The summed E-state index contributed by atoms with van der Waals surface area (Å²) in [7, 11) is -3.25. The van der Waals surface area contributed by atoms with Crippen molar-refractivity contribution in [3.63, 3.8) is 0 Å². The van der Waals surface area contributed by atoms with Gasteiger partial charge in [0.1, 0.15) is 0 Å². The van der Waals surface area contributed by atoms with Gasteiger partial charge in [0.25, 0.3) is 0 Å². The first-order chi connectivity index (χ1) is 7.39. The molecule has 0 aliphatic rings. The molecule has 0 fully saturated rings. The predicted molar refractivity (Wildman–Crippen MR) is 64.4 cm³/mol. The van der Waals surface area contributed by atoms with Crippen LogP contribution in [-0.2, 0) is 9.84 Å². The quantitative estimate of drug-likeness (QED) is 0.785. The van der Waals surface area contributed by atoms with Crippen LogP contribution in [0.5, 0.6) is 0 Å². The minimum atomic E-state index is -3.25. The molecule has 0 aromatic heterocycles. The van der Waals surface area contributed by atoms with Crippen LogP contribution in [0, 0.1) is 10.8 Å². The Hall–Kier alpha value is -1.49. The van der Waals surface area contributed by atoms with Crippen LogP contribution in [0.3, 0.4) is 0 Å².